The van der Waals surface area contributed by atoms with E-state index in [1.807, 2.05) is 5.32 Å². The number of amides is 6. The van der Waals surface area contributed by atoms with Crippen molar-refractivity contribution in [3.63, 3.8) is 0 Å². The monoisotopic (exact) mass is 270 g/mol. The lowest BCUT2D eigenvalue weighted by Crippen LogP contribution is -2.47. The molecule has 0 aromatic carbocycles. The van der Waals surface area contributed by atoms with Crippen LogP contribution in [0.5, 0.6) is 0 Å². The summed E-state index contributed by atoms with van der Waals surface area (Å²) in [5.74, 6) is -1.15. The number of hydrogen-bond acceptors (Lipinski definition) is 4. The highest BCUT2D eigenvalue weighted by Crippen LogP contribution is 2.24. The number of rotatable bonds is 4. The summed E-state index contributed by atoms with van der Waals surface area (Å²) in [6, 6.07) is -1.30. The van der Waals surface area contributed by atoms with Crippen LogP contribution in [-0.2, 0) is 9.59 Å². The molecule has 0 aromatic rings. The Morgan fingerprint density at radius 2 is 1.84 bits per heavy atom. The van der Waals surface area contributed by atoms with Gasteiger partial charge >= 0.3 is 12.1 Å². The standard InChI is InChI=1S/C11H18N4O4/c1-4-11(5-2)8(17)15(10(19)14-11)6-7(16)13-9(18)12-3/h4-6H2,1-3H3,(H,14,19)(H2,12,13,16,18). The predicted molar refractivity (Wildman–Crippen MR) is 66.2 cm³/mol. The Labute approximate surface area is 110 Å². The Bertz CT molecular complexity index is 417. The van der Waals surface area contributed by atoms with Gasteiger partial charge in [-0.2, -0.15) is 0 Å². The van der Waals surface area contributed by atoms with E-state index in [-0.39, 0.29) is 0 Å². The molecule has 1 heterocycles. The number of urea groups is 2. The molecule has 0 aromatic heterocycles. The minimum Gasteiger partial charge on any atom is -0.341 e. The van der Waals surface area contributed by atoms with E-state index in [0.29, 0.717) is 12.8 Å². The van der Waals surface area contributed by atoms with Gasteiger partial charge < -0.3 is 10.6 Å². The van der Waals surface area contributed by atoms with Crippen molar-refractivity contribution in [2.75, 3.05) is 13.6 Å². The van der Waals surface area contributed by atoms with Crippen LogP contribution in [-0.4, -0.2) is 47.9 Å². The molecule has 1 saturated heterocycles. The van der Waals surface area contributed by atoms with Crippen molar-refractivity contribution in [1.29, 1.82) is 0 Å². The zero-order chi connectivity index (χ0) is 14.6. The average molecular weight is 270 g/mol. The van der Waals surface area contributed by atoms with Gasteiger partial charge in [-0.15, -0.1) is 0 Å². The van der Waals surface area contributed by atoms with Crippen LogP contribution >= 0.6 is 0 Å². The number of imide groups is 2. The molecular formula is C11H18N4O4. The fourth-order valence-electron chi connectivity index (χ4n) is 1.92. The first kappa shape index (κ1) is 14.9. The van der Waals surface area contributed by atoms with Gasteiger partial charge in [-0.1, -0.05) is 13.8 Å². The molecule has 0 bridgehead atoms. The summed E-state index contributed by atoms with van der Waals surface area (Å²) in [5.41, 5.74) is -0.940. The van der Waals surface area contributed by atoms with Gasteiger partial charge in [-0.25, -0.2) is 9.59 Å². The van der Waals surface area contributed by atoms with Crippen molar-refractivity contribution < 1.29 is 19.2 Å². The molecule has 8 heteroatoms. The van der Waals surface area contributed by atoms with Crippen LogP contribution in [0.4, 0.5) is 9.59 Å². The van der Waals surface area contributed by atoms with Gasteiger partial charge in [0.15, 0.2) is 0 Å². The molecule has 1 aliphatic rings. The SMILES string of the molecule is CCC1(CC)NC(=O)N(CC(=O)NC(=O)NC)C1=O. The van der Waals surface area contributed by atoms with Gasteiger partial charge in [-0.05, 0) is 12.8 Å². The van der Waals surface area contributed by atoms with Crippen LogP contribution in [0, 0.1) is 0 Å². The minimum atomic E-state index is -0.940. The predicted octanol–water partition coefficient (Wildman–Crippen LogP) is -0.447. The molecule has 6 amide bonds. The van der Waals surface area contributed by atoms with Crippen LogP contribution in [0.1, 0.15) is 26.7 Å². The molecule has 1 rings (SSSR count). The molecular weight excluding hydrogens is 252 g/mol. The molecule has 1 fully saturated rings. The van der Waals surface area contributed by atoms with E-state index in [1.54, 1.807) is 13.8 Å². The lowest BCUT2D eigenvalue weighted by molar-refractivity contribution is -0.134. The Morgan fingerprint density at radius 1 is 1.26 bits per heavy atom. The lowest BCUT2D eigenvalue weighted by atomic mass is 9.93. The fraction of sp³-hybridized carbons (Fsp3) is 0.636. The van der Waals surface area contributed by atoms with Crippen LogP contribution in [0.2, 0.25) is 0 Å². The van der Waals surface area contributed by atoms with Crippen molar-refractivity contribution in [3.05, 3.63) is 0 Å². The highest BCUT2D eigenvalue weighted by molar-refractivity contribution is 6.09. The van der Waals surface area contributed by atoms with Gasteiger partial charge in [0.25, 0.3) is 5.91 Å². The second-order valence-corrected chi connectivity index (χ2v) is 4.24. The summed E-state index contributed by atoms with van der Waals surface area (Å²) in [7, 11) is 1.36. The quantitative estimate of drug-likeness (QED) is 0.601. The van der Waals surface area contributed by atoms with Crippen LogP contribution < -0.4 is 16.0 Å². The molecule has 0 atom stereocenters. The molecule has 0 unspecified atom stereocenters. The maximum Gasteiger partial charge on any atom is 0.325 e. The van der Waals surface area contributed by atoms with E-state index < -0.39 is 36.0 Å². The molecule has 0 saturated carbocycles. The van der Waals surface area contributed by atoms with Crippen molar-refractivity contribution in [3.8, 4) is 0 Å². The van der Waals surface area contributed by atoms with Crippen molar-refractivity contribution in [2.45, 2.75) is 32.2 Å². The van der Waals surface area contributed by atoms with Gasteiger partial charge in [0.2, 0.25) is 5.91 Å². The summed E-state index contributed by atoms with van der Waals surface area (Å²) >= 11 is 0. The van der Waals surface area contributed by atoms with E-state index in [0.717, 1.165) is 4.90 Å². The first-order valence-corrected chi connectivity index (χ1v) is 6.05. The van der Waals surface area contributed by atoms with Crippen LogP contribution in [0.15, 0.2) is 0 Å². The number of nitrogens with one attached hydrogen (secondary N) is 3. The van der Waals surface area contributed by atoms with E-state index in [4.69, 9.17) is 0 Å². The van der Waals surface area contributed by atoms with Crippen molar-refractivity contribution in [2.24, 2.45) is 0 Å². The third-order valence-corrected chi connectivity index (χ3v) is 3.23. The molecule has 0 spiro atoms. The number of nitrogens with zero attached hydrogens (tertiary/aromatic N) is 1. The highest BCUT2D eigenvalue weighted by Gasteiger charge is 2.49. The summed E-state index contributed by atoms with van der Waals surface area (Å²) in [5, 5.41) is 6.80. The number of carbonyl (C=O) groups is 4. The zero-order valence-corrected chi connectivity index (χ0v) is 11.2. The zero-order valence-electron chi connectivity index (χ0n) is 11.2. The molecule has 0 aliphatic carbocycles. The van der Waals surface area contributed by atoms with Gasteiger partial charge in [-0.3, -0.25) is 19.8 Å². The Hall–Kier alpha value is -2.12. The number of carbonyl (C=O) groups excluding carboxylic acids is 4. The van der Waals surface area contributed by atoms with Gasteiger partial charge in [0.05, 0.1) is 0 Å². The summed E-state index contributed by atoms with van der Waals surface area (Å²) in [4.78, 5) is 47.2. The lowest BCUT2D eigenvalue weighted by Gasteiger charge is -2.22. The van der Waals surface area contributed by atoms with Crippen molar-refractivity contribution >= 4 is 23.9 Å². The second kappa shape index (κ2) is 5.68. The maximum absolute atomic E-state index is 12.2. The second-order valence-electron chi connectivity index (χ2n) is 4.24. The van der Waals surface area contributed by atoms with Crippen molar-refractivity contribution in [1.82, 2.24) is 20.9 Å². The summed E-state index contributed by atoms with van der Waals surface area (Å²) in [6.45, 7) is 3.10. The third kappa shape index (κ3) is 2.83. The number of hydrogen-bond donors (Lipinski definition) is 3. The average Bonchev–Trinajstić information content (AvgIpc) is 2.63. The maximum atomic E-state index is 12.2. The molecule has 106 valence electrons. The largest absolute Gasteiger partial charge is 0.341 e. The molecule has 19 heavy (non-hydrogen) atoms. The molecule has 3 N–H and O–H groups in total. The molecule has 8 nitrogen and oxygen atoms in total. The first-order valence-electron chi connectivity index (χ1n) is 6.05. The topological polar surface area (TPSA) is 108 Å². The fourth-order valence-corrected chi connectivity index (χ4v) is 1.92. The Kier molecular flexibility index (Phi) is 4.47. The highest BCUT2D eigenvalue weighted by atomic mass is 16.2. The summed E-state index contributed by atoms with van der Waals surface area (Å²) in [6.07, 6.45) is 0.892. The first-order chi connectivity index (χ1) is 8.90. The van der Waals surface area contributed by atoms with Gasteiger partial charge in [0, 0.05) is 7.05 Å². The van der Waals surface area contributed by atoms with Gasteiger partial charge in [0.1, 0.15) is 12.1 Å². The van der Waals surface area contributed by atoms with E-state index in [2.05, 4.69) is 10.6 Å². The van der Waals surface area contributed by atoms with Crippen LogP contribution in [0.3, 0.4) is 0 Å². The Morgan fingerprint density at radius 3 is 2.26 bits per heavy atom. The minimum absolute atomic E-state index is 0.436. The third-order valence-electron chi connectivity index (χ3n) is 3.23. The smallest absolute Gasteiger partial charge is 0.325 e. The normalized spacial score (nSPS) is 17.1. The Balaban J connectivity index is 2.75. The van der Waals surface area contributed by atoms with E-state index in [9.17, 15) is 19.2 Å². The van der Waals surface area contributed by atoms with E-state index in [1.165, 1.54) is 7.05 Å². The molecule has 1 aliphatic heterocycles. The van der Waals surface area contributed by atoms with Crippen LogP contribution in [0.25, 0.3) is 0 Å². The van der Waals surface area contributed by atoms with E-state index >= 15 is 0 Å². The molecule has 0 radical (unpaired) electrons. The summed E-state index contributed by atoms with van der Waals surface area (Å²) < 4.78 is 0.